The maximum absolute atomic E-state index is 5.56. The lowest BCUT2D eigenvalue weighted by Crippen LogP contribution is -2.35. The molecule has 1 heterocycles. The topological polar surface area (TPSA) is 38.0 Å². The van der Waals surface area contributed by atoms with E-state index in [4.69, 9.17) is 5.73 Å². The van der Waals surface area contributed by atoms with Crippen LogP contribution in [0.2, 0.25) is 0 Å². The van der Waals surface area contributed by atoms with Gasteiger partial charge in [0.15, 0.2) is 0 Å². The summed E-state index contributed by atoms with van der Waals surface area (Å²) in [7, 11) is 0. The van der Waals surface area contributed by atoms with Gasteiger partial charge in [0, 0.05) is 12.6 Å². The lowest BCUT2D eigenvalue weighted by molar-refractivity contribution is 0.496. The van der Waals surface area contributed by atoms with E-state index in [2.05, 4.69) is 12.2 Å². The second-order valence-electron chi connectivity index (χ2n) is 3.36. The molecule has 1 fully saturated rings. The summed E-state index contributed by atoms with van der Waals surface area (Å²) >= 11 is 0. The summed E-state index contributed by atoms with van der Waals surface area (Å²) < 4.78 is 0. The third-order valence-corrected chi connectivity index (χ3v) is 2.36. The van der Waals surface area contributed by atoms with Crippen LogP contribution in [0.5, 0.6) is 0 Å². The SMILES string of the molecule is CC1CCNC(CN)CC1. The van der Waals surface area contributed by atoms with Crippen molar-refractivity contribution in [2.75, 3.05) is 13.1 Å². The summed E-state index contributed by atoms with van der Waals surface area (Å²) in [5.74, 6) is 0.893. The minimum atomic E-state index is 0.588. The van der Waals surface area contributed by atoms with Crippen LogP contribution in [0.4, 0.5) is 0 Å². The standard InChI is InChI=1S/C8H18N2/c1-7-2-3-8(6-9)10-5-4-7/h7-8,10H,2-6,9H2,1H3. The Morgan fingerprint density at radius 3 is 2.90 bits per heavy atom. The average Bonchev–Trinajstić information content (AvgIpc) is 2.14. The molecule has 0 aromatic carbocycles. The molecule has 0 radical (unpaired) electrons. The molecule has 1 rings (SSSR count). The van der Waals surface area contributed by atoms with Crippen LogP contribution in [-0.2, 0) is 0 Å². The van der Waals surface area contributed by atoms with Gasteiger partial charge in [0.1, 0.15) is 0 Å². The molecule has 0 spiro atoms. The minimum Gasteiger partial charge on any atom is -0.329 e. The molecule has 2 unspecified atom stereocenters. The van der Waals surface area contributed by atoms with E-state index >= 15 is 0 Å². The molecular weight excluding hydrogens is 124 g/mol. The fourth-order valence-corrected chi connectivity index (χ4v) is 1.47. The van der Waals surface area contributed by atoms with Crippen LogP contribution in [0.25, 0.3) is 0 Å². The van der Waals surface area contributed by atoms with Gasteiger partial charge in [0.25, 0.3) is 0 Å². The molecule has 0 aliphatic carbocycles. The number of hydrogen-bond donors (Lipinski definition) is 2. The number of hydrogen-bond acceptors (Lipinski definition) is 2. The van der Waals surface area contributed by atoms with Crippen LogP contribution in [-0.4, -0.2) is 19.1 Å². The number of nitrogens with one attached hydrogen (secondary N) is 1. The van der Waals surface area contributed by atoms with Gasteiger partial charge in [-0.25, -0.2) is 0 Å². The van der Waals surface area contributed by atoms with Crippen molar-refractivity contribution in [2.24, 2.45) is 11.7 Å². The first-order chi connectivity index (χ1) is 4.83. The highest BCUT2D eigenvalue weighted by molar-refractivity contribution is 4.73. The first-order valence-electron chi connectivity index (χ1n) is 4.26. The highest BCUT2D eigenvalue weighted by Crippen LogP contribution is 2.14. The van der Waals surface area contributed by atoms with Gasteiger partial charge >= 0.3 is 0 Å². The van der Waals surface area contributed by atoms with Crippen LogP contribution >= 0.6 is 0 Å². The maximum Gasteiger partial charge on any atom is 0.0190 e. The normalized spacial score (nSPS) is 35.4. The van der Waals surface area contributed by atoms with Gasteiger partial charge in [-0.3, -0.25) is 0 Å². The van der Waals surface area contributed by atoms with E-state index in [-0.39, 0.29) is 0 Å². The zero-order valence-corrected chi connectivity index (χ0v) is 6.77. The van der Waals surface area contributed by atoms with Crippen molar-refractivity contribution in [1.29, 1.82) is 0 Å². The van der Waals surface area contributed by atoms with Crippen molar-refractivity contribution >= 4 is 0 Å². The van der Waals surface area contributed by atoms with Crippen molar-refractivity contribution in [3.8, 4) is 0 Å². The summed E-state index contributed by atoms with van der Waals surface area (Å²) in [4.78, 5) is 0. The average molecular weight is 142 g/mol. The third-order valence-electron chi connectivity index (χ3n) is 2.36. The van der Waals surface area contributed by atoms with E-state index in [1.807, 2.05) is 0 Å². The Hall–Kier alpha value is -0.0800. The molecule has 0 aromatic heterocycles. The molecule has 1 saturated heterocycles. The van der Waals surface area contributed by atoms with Gasteiger partial charge in [-0.1, -0.05) is 6.92 Å². The van der Waals surface area contributed by atoms with E-state index in [0.29, 0.717) is 6.04 Å². The smallest absolute Gasteiger partial charge is 0.0190 e. The quantitative estimate of drug-likeness (QED) is 0.566. The second-order valence-corrected chi connectivity index (χ2v) is 3.36. The van der Waals surface area contributed by atoms with Crippen molar-refractivity contribution in [1.82, 2.24) is 5.32 Å². The lowest BCUT2D eigenvalue weighted by atomic mass is 10.0. The summed E-state index contributed by atoms with van der Waals surface area (Å²) in [6.07, 6.45) is 3.92. The van der Waals surface area contributed by atoms with Crippen LogP contribution < -0.4 is 11.1 Å². The molecule has 0 aromatic rings. The van der Waals surface area contributed by atoms with E-state index < -0.39 is 0 Å². The Labute approximate surface area is 63.2 Å². The van der Waals surface area contributed by atoms with Gasteiger partial charge in [-0.05, 0) is 31.7 Å². The van der Waals surface area contributed by atoms with Crippen molar-refractivity contribution < 1.29 is 0 Å². The predicted molar refractivity (Wildman–Crippen MR) is 43.9 cm³/mol. The summed E-state index contributed by atoms with van der Waals surface area (Å²) in [5.41, 5.74) is 5.56. The molecule has 2 heteroatoms. The van der Waals surface area contributed by atoms with Crippen molar-refractivity contribution in [3.63, 3.8) is 0 Å². The molecule has 1 aliphatic rings. The Morgan fingerprint density at radius 2 is 2.20 bits per heavy atom. The second kappa shape index (κ2) is 3.94. The molecule has 60 valence electrons. The van der Waals surface area contributed by atoms with Crippen LogP contribution in [0.1, 0.15) is 26.2 Å². The summed E-state index contributed by atoms with van der Waals surface area (Å²) in [5, 5.41) is 3.44. The monoisotopic (exact) mass is 142 g/mol. The van der Waals surface area contributed by atoms with Gasteiger partial charge in [-0.15, -0.1) is 0 Å². The van der Waals surface area contributed by atoms with E-state index in [9.17, 15) is 0 Å². The third kappa shape index (κ3) is 2.27. The highest BCUT2D eigenvalue weighted by Gasteiger charge is 2.12. The Morgan fingerprint density at radius 1 is 1.40 bits per heavy atom. The molecule has 2 atom stereocenters. The first kappa shape index (κ1) is 8.02. The fourth-order valence-electron chi connectivity index (χ4n) is 1.47. The molecule has 3 N–H and O–H groups in total. The van der Waals surface area contributed by atoms with Gasteiger partial charge in [-0.2, -0.15) is 0 Å². The molecule has 1 aliphatic heterocycles. The molecule has 0 bridgehead atoms. The molecule has 0 saturated carbocycles. The maximum atomic E-state index is 5.56. The van der Waals surface area contributed by atoms with Crippen LogP contribution in [0.3, 0.4) is 0 Å². The van der Waals surface area contributed by atoms with Gasteiger partial charge in [0.05, 0.1) is 0 Å². The first-order valence-corrected chi connectivity index (χ1v) is 4.26. The van der Waals surface area contributed by atoms with Crippen LogP contribution in [0.15, 0.2) is 0 Å². The summed E-state index contributed by atoms with van der Waals surface area (Å²) in [6.45, 7) is 4.27. The highest BCUT2D eigenvalue weighted by atomic mass is 14.9. The van der Waals surface area contributed by atoms with E-state index in [1.54, 1.807) is 0 Å². The Kier molecular flexibility index (Phi) is 3.16. The van der Waals surface area contributed by atoms with Crippen molar-refractivity contribution in [3.05, 3.63) is 0 Å². The zero-order chi connectivity index (χ0) is 7.40. The summed E-state index contributed by atoms with van der Waals surface area (Å²) in [6, 6.07) is 0.588. The van der Waals surface area contributed by atoms with E-state index in [0.717, 1.165) is 19.0 Å². The van der Waals surface area contributed by atoms with Crippen molar-refractivity contribution in [2.45, 2.75) is 32.2 Å². The number of rotatable bonds is 1. The Balaban J connectivity index is 2.26. The van der Waals surface area contributed by atoms with Gasteiger partial charge in [0.2, 0.25) is 0 Å². The fraction of sp³-hybridized carbons (Fsp3) is 1.00. The predicted octanol–water partition coefficient (Wildman–Crippen LogP) is 0.723. The van der Waals surface area contributed by atoms with Crippen LogP contribution in [0, 0.1) is 5.92 Å². The van der Waals surface area contributed by atoms with E-state index in [1.165, 1.54) is 19.3 Å². The molecular formula is C8H18N2. The minimum absolute atomic E-state index is 0.588. The largest absolute Gasteiger partial charge is 0.329 e. The molecule has 0 amide bonds. The zero-order valence-electron chi connectivity index (χ0n) is 6.77. The molecule has 10 heavy (non-hydrogen) atoms. The number of nitrogens with two attached hydrogens (primary N) is 1. The lowest BCUT2D eigenvalue weighted by Gasteiger charge is -2.11. The van der Waals surface area contributed by atoms with Gasteiger partial charge < -0.3 is 11.1 Å². The Bertz CT molecular complexity index is 93.3. The molecule has 2 nitrogen and oxygen atoms in total.